The number of piperidine rings is 1. The quantitative estimate of drug-likeness (QED) is 0.714. The number of nitrogens with one attached hydrogen (secondary N) is 2. The summed E-state index contributed by atoms with van der Waals surface area (Å²) in [5.41, 5.74) is 1.30. The first-order chi connectivity index (χ1) is 12.7. The molecule has 1 aliphatic heterocycles. The van der Waals surface area contributed by atoms with Crippen LogP contribution in [0.1, 0.15) is 45.4 Å². The molecule has 4 rings (SSSR count). The average molecular weight is 372 g/mol. The minimum absolute atomic E-state index is 0.238. The number of anilines is 1. The van der Waals surface area contributed by atoms with E-state index >= 15 is 0 Å². The topological polar surface area (TPSA) is 97.9 Å². The van der Waals surface area contributed by atoms with Crippen molar-refractivity contribution < 1.29 is 9.32 Å². The van der Waals surface area contributed by atoms with E-state index in [1.54, 1.807) is 16.9 Å². The summed E-state index contributed by atoms with van der Waals surface area (Å²) in [4.78, 5) is 17.9. The van der Waals surface area contributed by atoms with E-state index in [4.69, 9.17) is 4.52 Å². The largest absolute Gasteiger partial charge is 0.359 e. The van der Waals surface area contributed by atoms with Gasteiger partial charge in [-0.15, -0.1) is 11.3 Å². The van der Waals surface area contributed by atoms with Crippen LogP contribution in [0.15, 0.2) is 29.2 Å². The minimum Gasteiger partial charge on any atom is -0.359 e. The number of carbonyl (C=O) groups is 1. The van der Waals surface area contributed by atoms with Crippen molar-refractivity contribution in [1.82, 2.24) is 25.2 Å². The summed E-state index contributed by atoms with van der Waals surface area (Å²) in [6.07, 6.45) is 7.75. The average Bonchev–Trinajstić information content (AvgIpc) is 3.38. The summed E-state index contributed by atoms with van der Waals surface area (Å²) >= 11 is 1.53. The molecule has 3 aromatic rings. The number of carbonyl (C=O) groups excluding carboxylic acids is 1. The third-order valence-corrected chi connectivity index (χ3v) is 5.43. The molecule has 0 bridgehead atoms. The highest BCUT2D eigenvalue weighted by atomic mass is 32.1. The third kappa shape index (κ3) is 3.83. The Morgan fingerprint density at radius 1 is 1.42 bits per heavy atom. The fraction of sp³-hybridized carbons (Fsp3) is 0.412. The molecule has 9 heteroatoms. The van der Waals surface area contributed by atoms with Crippen molar-refractivity contribution in [3.05, 3.63) is 46.6 Å². The van der Waals surface area contributed by atoms with Crippen LogP contribution in [0.5, 0.6) is 0 Å². The SMILES string of the molecule is Cc1cnn(Cc2cc(C(=O)Nc3ncc(C4CCNCC4)s3)no2)c1. The molecule has 0 atom stereocenters. The molecule has 26 heavy (non-hydrogen) atoms. The number of aromatic nitrogens is 4. The van der Waals surface area contributed by atoms with Gasteiger partial charge in [0.25, 0.3) is 5.91 Å². The molecule has 8 nitrogen and oxygen atoms in total. The Hall–Kier alpha value is -2.52. The highest BCUT2D eigenvalue weighted by molar-refractivity contribution is 7.15. The monoisotopic (exact) mass is 372 g/mol. The van der Waals surface area contributed by atoms with Gasteiger partial charge >= 0.3 is 0 Å². The smallest absolute Gasteiger partial charge is 0.279 e. The zero-order valence-corrected chi connectivity index (χ0v) is 15.3. The molecule has 2 N–H and O–H groups in total. The van der Waals surface area contributed by atoms with Crippen LogP contribution >= 0.6 is 11.3 Å². The molecule has 0 aromatic carbocycles. The standard InChI is InChI=1S/C17H20N6O2S/c1-11-7-20-23(9-11)10-13-6-14(22-25-13)16(24)21-17-19-8-15(26-17)12-2-4-18-5-3-12/h6-9,12,18H,2-5,10H2,1H3,(H,19,21,24). The molecule has 3 aromatic heterocycles. The van der Waals surface area contributed by atoms with Gasteiger partial charge in [-0.05, 0) is 44.3 Å². The zero-order chi connectivity index (χ0) is 17.9. The number of hydrogen-bond acceptors (Lipinski definition) is 7. The maximum Gasteiger partial charge on any atom is 0.279 e. The molecule has 4 heterocycles. The summed E-state index contributed by atoms with van der Waals surface area (Å²) in [5.74, 6) is 0.784. The molecule has 1 saturated heterocycles. The van der Waals surface area contributed by atoms with Gasteiger partial charge in [-0.3, -0.25) is 14.8 Å². The van der Waals surface area contributed by atoms with Crippen LogP contribution in [0.2, 0.25) is 0 Å². The Kier molecular flexibility index (Phi) is 4.81. The molecule has 1 aliphatic rings. The lowest BCUT2D eigenvalue weighted by molar-refractivity contribution is 0.101. The maximum absolute atomic E-state index is 12.4. The van der Waals surface area contributed by atoms with Gasteiger partial charge in [0.15, 0.2) is 16.6 Å². The van der Waals surface area contributed by atoms with Crippen molar-refractivity contribution in [1.29, 1.82) is 0 Å². The lowest BCUT2D eigenvalue weighted by Crippen LogP contribution is -2.26. The van der Waals surface area contributed by atoms with E-state index in [1.807, 2.05) is 19.3 Å². The van der Waals surface area contributed by atoms with Gasteiger partial charge in [-0.1, -0.05) is 5.16 Å². The van der Waals surface area contributed by atoms with E-state index in [9.17, 15) is 4.79 Å². The van der Waals surface area contributed by atoms with Crippen molar-refractivity contribution >= 4 is 22.4 Å². The molecular formula is C17H20N6O2S. The van der Waals surface area contributed by atoms with E-state index in [-0.39, 0.29) is 11.6 Å². The van der Waals surface area contributed by atoms with E-state index in [0.29, 0.717) is 23.4 Å². The Balaban J connectivity index is 1.38. The predicted octanol–water partition coefficient (Wildman–Crippen LogP) is 2.40. The van der Waals surface area contributed by atoms with Crippen LogP contribution in [0, 0.1) is 6.92 Å². The number of hydrogen-bond donors (Lipinski definition) is 2. The number of thiazole rings is 1. The van der Waals surface area contributed by atoms with Crippen molar-refractivity contribution in [2.45, 2.75) is 32.2 Å². The number of amides is 1. The molecule has 0 radical (unpaired) electrons. The van der Waals surface area contributed by atoms with Crippen molar-refractivity contribution in [2.75, 3.05) is 18.4 Å². The predicted molar refractivity (Wildman–Crippen MR) is 97.5 cm³/mol. The first-order valence-electron chi connectivity index (χ1n) is 8.60. The fourth-order valence-corrected chi connectivity index (χ4v) is 3.99. The third-order valence-electron chi connectivity index (χ3n) is 4.36. The van der Waals surface area contributed by atoms with Crippen LogP contribution < -0.4 is 10.6 Å². The van der Waals surface area contributed by atoms with E-state index in [0.717, 1.165) is 31.5 Å². The summed E-state index contributed by atoms with van der Waals surface area (Å²) in [6, 6.07) is 1.63. The van der Waals surface area contributed by atoms with Crippen molar-refractivity contribution in [3.8, 4) is 0 Å². The molecule has 136 valence electrons. The Morgan fingerprint density at radius 2 is 2.27 bits per heavy atom. The van der Waals surface area contributed by atoms with Crippen molar-refractivity contribution in [3.63, 3.8) is 0 Å². The fourth-order valence-electron chi connectivity index (χ4n) is 3.01. The summed E-state index contributed by atoms with van der Waals surface area (Å²) < 4.78 is 6.98. The molecule has 0 unspecified atom stereocenters. The molecule has 0 spiro atoms. The molecule has 0 saturated carbocycles. The van der Waals surface area contributed by atoms with Gasteiger partial charge in [0, 0.05) is 23.3 Å². The second-order valence-corrected chi connectivity index (χ2v) is 7.50. The lowest BCUT2D eigenvalue weighted by atomic mass is 9.97. The van der Waals surface area contributed by atoms with Crippen LogP contribution in [0.4, 0.5) is 5.13 Å². The number of nitrogens with zero attached hydrogens (tertiary/aromatic N) is 4. The Labute approximate surface area is 154 Å². The van der Waals surface area contributed by atoms with Crippen LogP contribution in [0.25, 0.3) is 0 Å². The summed E-state index contributed by atoms with van der Waals surface area (Å²) in [6.45, 7) is 4.46. The van der Waals surface area contributed by atoms with Gasteiger partial charge in [0.2, 0.25) is 0 Å². The highest BCUT2D eigenvalue weighted by Gasteiger charge is 2.19. The van der Waals surface area contributed by atoms with Gasteiger partial charge < -0.3 is 9.84 Å². The van der Waals surface area contributed by atoms with Crippen LogP contribution in [-0.4, -0.2) is 38.9 Å². The second-order valence-electron chi connectivity index (χ2n) is 6.44. The summed E-state index contributed by atoms with van der Waals surface area (Å²) in [7, 11) is 0. The number of rotatable bonds is 5. The Bertz CT molecular complexity index is 893. The van der Waals surface area contributed by atoms with Crippen molar-refractivity contribution in [2.24, 2.45) is 0 Å². The van der Waals surface area contributed by atoms with Gasteiger partial charge in [0.1, 0.15) is 6.54 Å². The minimum atomic E-state index is -0.317. The van der Waals surface area contributed by atoms with Crippen LogP contribution in [-0.2, 0) is 6.54 Å². The van der Waals surface area contributed by atoms with Gasteiger partial charge in [-0.2, -0.15) is 5.10 Å². The van der Waals surface area contributed by atoms with E-state index < -0.39 is 0 Å². The van der Waals surface area contributed by atoms with Crippen LogP contribution in [0.3, 0.4) is 0 Å². The van der Waals surface area contributed by atoms with Gasteiger partial charge in [-0.25, -0.2) is 4.98 Å². The maximum atomic E-state index is 12.4. The normalized spacial score (nSPS) is 15.3. The molecular weight excluding hydrogens is 352 g/mol. The molecule has 0 aliphatic carbocycles. The van der Waals surface area contributed by atoms with E-state index in [1.165, 1.54) is 16.2 Å². The summed E-state index contributed by atoms with van der Waals surface area (Å²) in [5, 5.41) is 14.8. The Morgan fingerprint density at radius 3 is 3.04 bits per heavy atom. The first kappa shape index (κ1) is 16.9. The molecule has 1 amide bonds. The lowest BCUT2D eigenvalue weighted by Gasteiger charge is -2.20. The van der Waals surface area contributed by atoms with E-state index in [2.05, 4.69) is 25.9 Å². The molecule has 1 fully saturated rings. The highest BCUT2D eigenvalue weighted by Crippen LogP contribution is 2.31. The van der Waals surface area contributed by atoms with Gasteiger partial charge in [0.05, 0.1) is 6.20 Å². The second kappa shape index (κ2) is 7.38. The number of aryl methyl sites for hydroxylation is 1. The zero-order valence-electron chi connectivity index (χ0n) is 14.4. The first-order valence-corrected chi connectivity index (χ1v) is 9.41.